The molecule has 0 unspecified atom stereocenters. The first-order valence-corrected chi connectivity index (χ1v) is 4.19. The first-order chi connectivity index (χ1) is 6.16. The van der Waals surface area contributed by atoms with Crippen LogP contribution in [0.1, 0.15) is 16.8 Å². The number of fused-ring (bicyclic) bond motifs is 1. The van der Waals surface area contributed by atoms with E-state index in [1.807, 2.05) is 19.9 Å². The first kappa shape index (κ1) is 8.04. The maximum atomic E-state index is 11.0. The van der Waals surface area contributed by atoms with Crippen molar-refractivity contribution >= 4 is 11.8 Å². The van der Waals surface area contributed by atoms with Crippen LogP contribution >= 0.6 is 0 Å². The standard InChI is InChI=1S/C9H11N3O/c1-5-3-6(2)11-8-7(5)4-10-9(13)12-8/h3H,4H2,1-2H3,(H2,10,11,12,13). The van der Waals surface area contributed by atoms with E-state index >= 15 is 0 Å². The van der Waals surface area contributed by atoms with Gasteiger partial charge in [-0.1, -0.05) is 0 Å². The number of nitrogens with one attached hydrogen (secondary N) is 2. The molecule has 0 saturated heterocycles. The van der Waals surface area contributed by atoms with Gasteiger partial charge in [0, 0.05) is 17.8 Å². The van der Waals surface area contributed by atoms with Gasteiger partial charge in [0.05, 0.1) is 0 Å². The number of rotatable bonds is 0. The van der Waals surface area contributed by atoms with Gasteiger partial charge in [-0.3, -0.25) is 5.32 Å². The number of pyridine rings is 1. The summed E-state index contributed by atoms with van der Waals surface area (Å²) >= 11 is 0. The van der Waals surface area contributed by atoms with E-state index < -0.39 is 0 Å². The monoisotopic (exact) mass is 177 g/mol. The Hall–Kier alpha value is -1.58. The van der Waals surface area contributed by atoms with Gasteiger partial charge in [-0.25, -0.2) is 9.78 Å². The first-order valence-electron chi connectivity index (χ1n) is 4.19. The van der Waals surface area contributed by atoms with Crippen molar-refractivity contribution in [2.75, 3.05) is 5.32 Å². The highest BCUT2D eigenvalue weighted by Crippen LogP contribution is 2.20. The van der Waals surface area contributed by atoms with Crippen molar-refractivity contribution in [3.8, 4) is 0 Å². The number of carbonyl (C=O) groups excluding carboxylic acids is 1. The molecule has 1 aliphatic heterocycles. The minimum absolute atomic E-state index is 0.176. The van der Waals surface area contributed by atoms with Gasteiger partial charge in [0.15, 0.2) is 0 Å². The predicted molar refractivity (Wildman–Crippen MR) is 49.6 cm³/mol. The number of aryl methyl sites for hydroxylation is 2. The van der Waals surface area contributed by atoms with Crippen LogP contribution in [0.3, 0.4) is 0 Å². The van der Waals surface area contributed by atoms with Crippen LogP contribution < -0.4 is 10.6 Å². The van der Waals surface area contributed by atoms with Crippen LogP contribution in [0.25, 0.3) is 0 Å². The van der Waals surface area contributed by atoms with Crippen molar-refractivity contribution in [1.82, 2.24) is 10.3 Å². The molecule has 0 radical (unpaired) electrons. The number of hydrogen-bond acceptors (Lipinski definition) is 2. The average molecular weight is 177 g/mol. The molecule has 0 atom stereocenters. The Morgan fingerprint density at radius 2 is 2.23 bits per heavy atom. The van der Waals surface area contributed by atoms with Crippen LogP contribution in [0, 0.1) is 13.8 Å². The van der Waals surface area contributed by atoms with Crippen molar-refractivity contribution in [2.24, 2.45) is 0 Å². The number of aromatic nitrogens is 1. The summed E-state index contributed by atoms with van der Waals surface area (Å²) in [6.45, 7) is 4.51. The summed E-state index contributed by atoms with van der Waals surface area (Å²) in [6, 6.07) is 1.84. The molecule has 2 N–H and O–H groups in total. The largest absolute Gasteiger partial charge is 0.334 e. The highest BCUT2D eigenvalue weighted by atomic mass is 16.2. The van der Waals surface area contributed by atoms with Gasteiger partial charge in [-0.05, 0) is 25.5 Å². The maximum Gasteiger partial charge on any atom is 0.320 e. The minimum Gasteiger partial charge on any atom is -0.334 e. The van der Waals surface area contributed by atoms with E-state index in [0.717, 1.165) is 16.8 Å². The fraction of sp³-hybridized carbons (Fsp3) is 0.333. The Morgan fingerprint density at radius 1 is 1.46 bits per heavy atom. The number of anilines is 1. The molecule has 2 rings (SSSR count). The molecule has 2 amide bonds. The molecule has 13 heavy (non-hydrogen) atoms. The summed E-state index contributed by atoms with van der Waals surface area (Å²) in [6.07, 6.45) is 0. The van der Waals surface area contributed by atoms with Crippen LogP contribution in [0.4, 0.5) is 10.6 Å². The van der Waals surface area contributed by atoms with Crippen molar-refractivity contribution in [3.05, 3.63) is 22.9 Å². The van der Waals surface area contributed by atoms with E-state index in [0.29, 0.717) is 12.4 Å². The lowest BCUT2D eigenvalue weighted by Gasteiger charge is -2.19. The third kappa shape index (κ3) is 1.35. The van der Waals surface area contributed by atoms with E-state index in [4.69, 9.17) is 0 Å². The lowest BCUT2D eigenvalue weighted by Crippen LogP contribution is -2.34. The van der Waals surface area contributed by atoms with Crippen LogP contribution in [0.5, 0.6) is 0 Å². The molecule has 0 aliphatic carbocycles. The molecule has 4 heteroatoms. The average Bonchev–Trinajstić information content (AvgIpc) is 2.02. The number of hydrogen-bond donors (Lipinski definition) is 2. The molecular weight excluding hydrogens is 166 g/mol. The Kier molecular flexibility index (Phi) is 1.69. The fourth-order valence-electron chi connectivity index (χ4n) is 1.51. The van der Waals surface area contributed by atoms with Gasteiger partial charge in [-0.2, -0.15) is 0 Å². The van der Waals surface area contributed by atoms with Gasteiger partial charge >= 0.3 is 6.03 Å². The number of carbonyl (C=O) groups is 1. The fourth-order valence-corrected chi connectivity index (χ4v) is 1.51. The van der Waals surface area contributed by atoms with Crippen LogP contribution in [0.15, 0.2) is 6.07 Å². The quantitative estimate of drug-likeness (QED) is 0.628. The van der Waals surface area contributed by atoms with Gasteiger partial charge in [0.1, 0.15) is 5.82 Å². The Balaban J connectivity index is 2.53. The lowest BCUT2D eigenvalue weighted by atomic mass is 10.1. The van der Waals surface area contributed by atoms with E-state index in [-0.39, 0.29) is 6.03 Å². The smallest absolute Gasteiger partial charge is 0.320 e. The Morgan fingerprint density at radius 3 is 3.00 bits per heavy atom. The molecule has 68 valence electrons. The van der Waals surface area contributed by atoms with E-state index in [1.165, 1.54) is 0 Å². The molecule has 0 spiro atoms. The SMILES string of the molecule is Cc1cc(C)c2c(n1)NC(=O)NC2. The predicted octanol–water partition coefficient (Wildman–Crippen LogP) is 1.33. The lowest BCUT2D eigenvalue weighted by molar-refractivity contribution is 0.250. The van der Waals surface area contributed by atoms with Gasteiger partial charge in [-0.15, -0.1) is 0 Å². The third-order valence-corrected chi connectivity index (χ3v) is 2.13. The second-order valence-corrected chi connectivity index (χ2v) is 3.22. The molecule has 2 heterocycles. The summed E-state index contributed by atoms with van der Waals surface area (Å²) in [5.74, 6) is 0.696. The van der Waals surface area contributed by atoms with Gasteiger partial charge in [0.2, 0.25) is 0 Å². The van der Waals surface area contributed by atoms with Crippen molar-refractivity contribution in [3.63, 3.8) is 0 Å². The summed E-state index contributed by atoms with van der Waals surface area (Å²) in [5, 5.41) is 5.39. The molecule has 0 aromatic carbocycles. The van der Waals surface area contributed by atoms with Crippen LogP contribution in [-0.2, 0) is 6.54 Å². The molecule has 1 aromatic rings. The van der Waals surface area contributed by atoms with E-state index in [9.17, 15) is 4.79 Å². The second kappa shape index (κ2) is 2.73. The number of amides is 2. The van der Waals surface area contributed by atoms with Crippen molar-refractivity contribution < 1.29 is 4.79 Å². The van der Waals surface area contributed by atoms with E-state index in [1.54, 1.807) is 0 Å². The zero-order valence-electron chi connectivity index (χ0n) is 7.64. The zero-order chi connectivity index (χ0) is 9.42. The van der Waals surface area contributed by atoms with Gasteiger partial charge < -0.3 is 5.32 Å². The van der Waals surface area contributed by atoms with Crippen LogP contribution in [0.2, 0.25) is 0 Å². The Bertz CT molecular complexity index is 373. The van der Waals surface area contributed by atoms with E-state index in [2.05, 4.69) is 15.6 Å². The zero-order valence-corrected chi connectivity index (χ0v) is 7.64. The summed E-state index contributed by atoms with van der Waals surface area (Å²) < 4.78 is 0. The minimum atomic E-state index is -0.176. The highest BCUT2D eigenvalue weighted by molar-refractivity contribution is 5.91. The third-order valence-electron chi connectivity index (χ3n) is 2.13. The molecular formula is C9H11N3O. The molecule has 0 saturated carbocycles. The van der Waals surface area contributed by atoms with Crippen LogP contribution in [-0.4, -0.2) is 11.0 Å². The number of nitrogens with zero attached hydrogens (tertiary/aromatic N) is 1. The normalized spacial score (nSPS) is 14.5. The molecule has 1 aromatic heterocycles. The molecule has 4 nitrogen and oxygen atoms in total. The molecule has 1 aliphatic rings. The number of urea groups is 1. The molecule has 0 bridgehead atoms. The second-order valence-electron chi connectivity index (χ2n) is 3.22. The maximum absolute atomic E-state index is 11.0. The topological polar surface area (TPSA) is 54.0 Å². The summed E-state index contributed by atoms with van der Waals surface area (Å²) in [4.78, 5) is 15.2. The van der Waals surface area contributed by atoms with Gasteiger partial charge in [0.25, 0.3) is 0 Å². The van der Waals surface area contributed by atoms with Crippen molar-refractivity contribution in [2.45, 2.75) is 20.4 Å². The summed E-state index contributed by atoms with van der Waals surface area (Å²) in [7, 11) is 0. The highest BCUT2D eigenvalue weighted by Gasteiger charge is 2.16. The summed E-state index contributed by atoms with van der Waals surface area (Å²) in [5.41, 5.74) is 3.17. The van der Waals surface area contributed by atoms with Crippen molar-refractivity contribution in [1.29, 1.82) is 0 Å². The Labute approximate surface area is 76.4 Å². The molecule has 0 fully saturated rings.